The lowest BCUT2D eigenvalue weighted by Crippen LogP contribution is -2.30. The number of nitrogens with zero attached hydrogens (tertiary/aromatic N) is 1. The van der Waals surface area contributed by atoms with Gasteiger partial charge in [-0.1, -0.05) is 59.7 Å². The first kappa shape index (κ1) is 12.0. The number of hydrogen-bond donors (Lipinski definition) is 0. The summed E-state index contributed by atoms with van der Waals surface area (Å²) in [5.41, 5.74) is 4.34. The molecule has 3 rings (SSSR count). The number of aryl methyl sites for hydroxylation is 2. The Hall–Kier alpha value is -2.09. The molecule has 0 N–H and O–H groups in total. The fourth-order valence-electron chi connectivity index (χ4n) is 2.61. The highest BCUT2D eigenvalue weighted by Crippen LogP contribution is 2.36. The maximum absolute atomic E-state index is 5.93. The molecule has 0 saturated heterocycles. The van der Waals surface area contributed by atoms with Crippen molar-refractivity contribution in [2.75, 3.05) is 6.54 Å². The Bertz CT molecular complexity index is 575. The van der Waals surface area contributed by atoms with E-state index < -0.39 is 5.60 Å². The van der Waals surface area contributed by atoms with Crippen LogP contribution >= 0.6 is 0 Å². The second kappa shape index (κ2) is 4.54. The minimum absolute atomic E-state index is 0.460. The Balaban J connectivity index is 2.15. The van der Waals surface area contributed by atoms with Gasteiger partial charge in [0.05, 0.1) is 6.54 Å². The molecule has 0 spiro atoms. The van der Waals surface area contributed by atoms with E-state index in [-0.39, 0.29) is 0 Å². The Morgan fingerprint density at radius 1 is 0.947 bits per heavy atom. The molecule has 1 aliphatic heterocycles. The van der Waals surface area contributed by atoms with Gasteiger partial charge in [0.2, 0.25) is 0 Å². The fraction of sp³-hybridized carbons (Fsp3) is 0.235. The van der Waals surface area contributed by atoms with Crippen molar-refractivity contribution in [3.63, 3.8) is 0 Å². The third kappa shape index (κ3) is 2.03. The highest BCUT2D eigenvalue weighted by molar-refractivity contribution is 5.55. The molecule has 96 valence electrons. The standard InChI is InChI=1S/C17H17NO/c1-13-5-3-7-15(9-13)17(11-18-12-19-17)16-8-4-6-14(2)10-16/h3-10,12H,11H2,1-2H3. The monoisotopic (exact) mass is 251 g/mol. The van der Waals surface area contributed by atoms with E-state index in [1.807, 2.05) is 0 Å². The van der Waals surface area contributed by atoms with Crippen LogP contribution in [-0.4, -0.2) is 12.9 Å². The lowest BCUT2D eigenvalue weighted by molar-refractivity contribution is 0.140. The van der Waals surface area contributed by atoms with Gasteiger partial charge >= 0.3 is 0 Å². The number of benzene rings is 2. The minimum Gasteiger partial charge on any atom is -0.466 e. The molecule has 1 aliphatic rings. The molecule has 0 aliphatic carbocycles. The lowest BCUT2D eigenvalue weighted by atomic mass is 9.85. The predicted octanol–water partition coefficient (Wildman–Crippen LogP) is 3.61. The van der Waals surface area contributed by atoms with Crippen molar-refractivity contribution in [3.8, 4) is 0 Å². The maximum atomic E-state index is 5.93. The van der Waals surface area contributed by atoms with Crippen molar-refractivity contribution in [2.24, 2.45) is 4.99 Å². The van der Waals surface area contributed by atoms with E-state index in [4.69, 9.17) is 4.74 Å². The van der Waals surface area contributed by atoms with Gasteiger partial charge in [-0.05, 0) is 13.8 Å². The zero-order valence-corrected chi connectivity index (χ0v) is 11.3. The van der Waals surface area contributed by atoms with Gasteiger partial charge in [-0.2, -0.15) is 0 Å². The van der Waals surface area contributed by atoms with E-state index in [2.05, 4.69) is 67.4 Å². The highest BCUT2D eigenvalue weighted by atomic mass is 16.5. The van der Waals surface area contributed by atoms with Crippen LogP contribution in [0.25, 0.3) is 0 Å². The SMILES string of the molecule is Cc1cccc(C2(c3cccc(C)c3)CN=CO2)c1. The van der Waals surface area contributed by atoms with Crippen LogP contribution in [0.5, 0.6) is 0 Å². The average molecular weight is 251 g/mol. The van der Waals surface area contributed by atoms with E-state index in [1.54, 1.807) is 6.40 Å². The van der Waals surface area contributed by atoms with E-state index in [0.717, 1.165) is 11.1 Å². The number of ether oxygens (including phenoxy) is 1. The van der Waals surface area contributed by atoms with E-state index >= 15 is 0 Å². The number of rotatable bonds is 2. The second-order valence-electron chi connectivity index (χ2n) is 5.13. The summed E-state index contributed by atoms with van der Waals surface area (Å²) < 4.78 is 5.93. The fourth-order valence-corrected chi connectivity index (χ4v) is 2.61. The zero-order chi connectivity index (χ0) is 13.3. The molecule has 2 aromatic rings. The zero-order valence-electron chi connectivity index (χ0n) is 11.3. The van der Waals surface area contributed by atoms with Gasteiger partial charge in [-0.3, -0.25) is 4.99 Å². The molecule has 0 amide bonds. The molecule has 0 bridgehead atoms. The first-order chi connectivity index (χ1) is 9.21. The summed E-state index contributed by atoms with van der Waals surface area (Å²) in [4.78, 5) is 4.30. The molecule has 0 aromatic heterocycles. The molecule has 0 fully saturated rings. The number of aliphatic imine (C=N–C) groups is 1. The first-order valence-electron chi connectivity index (χ1n) is 6.51. The second-order valence-corrected chi connectivity index (χ2v) is 5.13. The maximum Gasteiger partial charge on any atom is 0.180 e. The molecule has 1 heterocycles. The molecule has 19 heavy (non-hydrogen) atoms. The normalized spacial score (nSPS) is 16.3. The molecular weight excluding hydrogens is 234 g/mol. The van der Waals surface area contributed by atoms with Crippen molar-refractivity contribution in [1.29, 1.82) is 0 Å². The smallest absolute Gasteiger partial charge is 0.180 e. The van der Waals surface area contributed by atoms with Crippen LogP contribution in [0, 0.1) is 13.8 Å². The third-order valence-electron chi connectivity index (χ3n) is 3.61. The van der Waals surface area contributed by atoms with Gasteiger partial charge in [0.1, 0.15) is 0 Å². The molecule has 2 heteroatoms. The molecule has 0 atom stereocenters. The molecule has 0 radical (unpaired) electrons. The summed E-state index contributed by atoms with van der Waals surface area (Å²) in [7, 11) is 0. The molecule has 0 unspecified atom stereocenters. The van der Waals surface area contributed by atoms with Crippen LogP contribution in [0.3, 0.4) is 0 Å². The van der Waals surface area contributed by atoms with Crippen LogP contribution in [-0.2, 0) is 10.3 Å². The third-order valence-corrected chi connectivity index (χ3v) is 3.61. The van der Waals surface area contributed by atoms with Crippen LogP contribution in [0.1, 0.15) is 22.3 Å². The van der Waals surface area contributed by atoms with Gasteiger partial charge in [0, 0.05) is 11.1 Å². The van der Waals surface area contributed by atoms with Gasteiger partial charge in [-0.15, -0.1) is 0 Å². The first-order valence-corrected chi connectivity index (χ1v) is 6.51. The summed E-state index contributed by atoms with van der Waals surface area (Å²) >= 11 is 0. The summed E-state index contributed by atoms with van der Waals surface area (Å²) in [6.45, 7) is 4.84. The van der Waals surface area contributed by atoms with Gasteiger partial charge in [-0.25, -0.2) is 0 Å². The van der Waals surface area contributed by atoms with Crippen LogP contribution in [0.4, 0.5) is 0 Å². The topological polar surface area (TPSA) is 21.6 Å². The van der Waals surface area contributed by atoms with Gasteiger partial charge in [0.15, 0.2) is 12.0 Å². The quantitative estimate of drug-likeness (QED) is 0.799. The molecular formula is C17H17NO. The van der Waals surface area contributed by atoms with Crippen molar-refractivity contribution >= 4 is 6.40 Å². The van der Waals surface area contributed by atoms with Crippen molar-refractivity contribution in [2.45, 2.75) is 19.4 Å². The largest absolute Gasteiger partial charge is 0.466 e. The highest BCUT2D eigenvalue weighted by Gasteiger charge is 2.38. The summed E-state index contributed by atoms with van der Waals surface area (Å²) in [6, 6.07) is 16.9. The van der Waals surface area contributed by atoms with Crippen LogP contribution < -0.4 is 0 Å². The van der Waals surface area contributed by atoms with Crippen molar-refractivity contribution in [1.82, 2.24) is 0 Å². The Kier molecular flexibility index (Phi) is 2.86. The van der Waals surface area contributed by atoms with Crippen molar-refractivity contribution < 1.29 is 4.74 Å². The van der Waals surface area contributed by atoms with Gasteiger partial charge in [0.25, 0.3) is 0 Å². The lowest BCUT2D eigenvalue weighted by Gasteiger charge is -2.29. The predicted molar refractivity (Wildman–Crippen MR) is 77.6 cm³/mol. The Morgan fingerprint density at radius 2 is 1.53 bits per heavy atom. The number of hydrogen-bond acceptors (Lipinski definition) is 2. The summed E-state index contributed by atoms with van der Waals surface area (Å²) in [6.07, 6.45) is 1.57. The molecule has 0 saturated carbocycles. The summed E-state index contributed by atoms with van der Waals surface area (Å²) in [5, 5.41) is 0. The van der Waals surface area contributed by atoms with Gasteiger partial charge < -0.3 is 4.74 Å². The Morgan fingerprint density at radius 3 is 1.95 bits per heavy atom. The molecule has 2 nitrogen and oxygen atoms in total. The molecule has 2 aromatic carbocycles. The van der Waals surface area contributed by atoms with E-state index in [1.165, 1.54) is 11.1 Å². The van der Waals surface area contributed by atoms with Crippen LogP contribution in [0.15, 0.2) is 53.5 Å². The average Bonchev–Trinajstić information content (AvgIpc) is 2.89. The van der Waals surface area contributed by atoms with E-state index in [0.29, 0.717) is 6.54 Å². The van der Waals surface area contributed by atoms with E-state index in [9.17, 15) is 0 Å². The minimum atomic E-state index is -0.460. The Labute approximate surface area is 113 Å². The van der Waals surface area contributed by atoms with Crippen LogP contribution in [0.2, 0.25) is 0 Å². The van der Waals surface area contributed by atoms with Crippen molar-refractivity contribution in [3.05, 3.63) is 70.8 Å². The summed E-state index contributed by atoms with van der Waals surface area (Å²) in [5.74, 6) is 0.